The van der Waals surface area contributed by atoms with E-state index in [0.29, 0.717) is 0 Å². The molecule has 1 aromatic carbocycles. The molecule has 0 saturated heterocycles. The zero-order valence-corrected chi connectivity index (χ0v) is 14.2. The van der Waals surface area contributed by atoms with Crippen molar-refractivity contribution in [3.8, 4) is 0 Å². The van der Waals surface area contributed by atoms with E-state index in [0.717, 1.165) is 29.8 Å². The van der Waals surface area contributed by atoms with Gasteiger partial charge < -0.3 is 5.32 Å². The minimum absolute atomic E-state index is 0.745. The summed E-state index contributed by atoms with van der Waals surface area (Å²) >= 11 is 3.69. The fourth-order valence-corrected chi connectivity index (χ4v) is 4.84. The molecule has 0 aromatic heterocycles. The smallest absolute Gasteiger partial charge is 0.0210 e. The van der Waals surface area contributed by atoms with Gasteiger partial charge in [0, 0.05) is 16.6 Å². The molecule has 0 bridgehead atoms. The van der Waals surface area contributed by atoms with Crippen molar-refractivity contribution in [3.05, 3.63) is 34.3 Å². The minimum Gasteiger partial charge on any atom is -0.311 e. The quantitative estimate of drug-likeness (QED) is 0.809. The van der Waals surface area contributed by atoms with E-state index in [4.69, 9.17) is 0 Å². The SMILES string of the molecule is CC1CC(C)CC(NC2CC(c3ccccc3Br)C2)C1. The van der Waals surface area contributed by atoms with Crippen molar-refractivity contribution in [1.29, 1.82) is 0 Å². The summed E-state index contributed by atoms with van der Waals surface area (Å²) in [5.41, 5.74) is 1.50. The lowest BCUT2D eigenvalue weighted by molar-refractivity contribution is 0.188. The van der Waals surface area contributed by atoms with Gasteiger partial charge in [0.25, 0.3) is 0 Å². The van der Waals surface area contributed by atoms with Crippen LogP contribution in [-0.2, 0) is 0 Å². The van der Waals surface area contributed by atoms with Crippen LogP contribution < -0.4 is 5.32 Å². The molecule has 0 aliphatic heterocycles. The average Bonchev–Trinajstić information content (AvgIpc) is 2.33. The van der Waals surface area contributed by atoms with Crippen LogP contribution in [0.4, 0.5) is 0 Å². The van der Waals surface area contributed by atoms with Gasteiger partial charge >= 0.3 is 0 Å². The van der Waals surface area contributed by atoms with Crippen LogP contribution in [0.5, 0.6) is 0 Å². The van der Waals surface area contributed by atoms with Gasteiger partial charge in [-0.1, -0.05) is 48.0 Å². The summed E-state index contributed by atoms with van der Waals surface area (Å²) in [7, 11) is 0. The molecule has 110 valence electrons. The molecule has 1 nitrogen and oxygen atoms in total. The normalized spacial score (nSPS) is 37.5. The third-order valence-electron chi connectivity index (χ3n) is 5.13. The van der Waals surface area contributed by atoms with Crippen molar-refractivity contribution < 1.29 is 0 Å². The molecular formula is C18H26BrN. The molecular weight excluding hydrogens is 310 g/mol. The Balaban J connectivity index is 1.50. The summed E-state index contributed by atoms with van der Waals surface area (Å²) in [6.07, 6.45) is 6.78. The first kappa shape index (κ1) is 14.6. The number of rotatable bonds is 3. The Morgan fingerprint density at radius 3 is 2.15 bits per heavy atom. The maximum atomic E-state index is 3.92. The predicted octanol–water partition coefficient (Wildman–Crippen LogP) is 5.11. The van der Waals surface area contributed by atoms with Crippen molar-refractivity contribution >= 4 is 15.9 Å². The molecule has 0 spiro atoms. The number of nitrogens with one attached hydrogen (secondary N) is 1. The van der Waals surface area contributed by atoms with E-state index < -0.39 is 0 Å². The van der Waals surface area contributed by atoms with Gasteiger partial charge in [0.05, 0.1) is 0 Å². The molecule has 2 heteroatoms. The van der Waals surface area contributed by atoms with Crippen LogP contribution in [0.15, 0.2) is 28.7 Å². The van der Waals surface area contributed by atoms with Crippen molar-refractivity contribution in [2.45, 2.75) is 64.0 Å². The minimum atomic E-state index is 0.745. The topological polar surface area (TPSA) is 12.0 Å². The average molecular weight is 336 g/mol. The van der Waals surface area contributed by atoms with Crippen LogP contribution in [0, 0.1) is 11.8 Å². The molecule has 2 aliphatic carbocycles. The van der Waals surface area contributed by atoms with Crippen LogP contribution in [0.1, 0.15) is 57.4 Å². The fourth-order valence-electron chi connectivity index (χ4n) is 4.23. The van der Waals surface area contributed by atoms with E-state index in [2.05, 4.69) is 59.4 Å². The van der Waals surface area contributed by atoms with E-state index in [-0.39, 0.29) is 0 Å². The van der Waals surface area contributed by atoms with E-state index in [1.54, 1.807) is 0 Å². The van der Waals surface area contributed by atoms with Crippen LogP contribution in [0.25, 0.3) is 0 Å². The van der Waals surface area contributed by atoms with E-state index >= 15 is 0 Å². The second-order valence-corrected chi connectivity index (χ2v) is 8.02. The van der Waals surface area contributed by atoms with Gasteiger partial charge in [-0.25, -0.2) is 0 Å². The third kappa shape index (κ3) is 3.28. The van der Waals surface area contributed by atoms with Crippen molar-refractivity contribution in [2.24, 2.45) is 11.8 Å². The predicted molar refractivity (Wildman–Crippen MR) is 89.0 cm³/mol. The molecule has 2 atom stereocenters. The summed E-state index contributed by atoms with van der Waals surface area (Å²) in [5.74, 6) is 2.55. The van der Waals surface area contributed by atoms with E-state index in [9.17, 15) is 0 Å². The van der Waals surface area contributed by atoms with Crippen LogP contribution in [0.3, 0.4) is 0 Å². The Morgan fingerprint density at radius 1 is 0.900 bits per heavy atom. The van der Waals surface area contributed by atoms with Gasteiger partial charge in [0.2, 0.25) is 0 Å². The highest BCUT2D eigenvalue weighted by Crippen LogP contribution is 2.41. The van der Waals surface area contributed by atoms with Gasteiger partial charge in [0.15, 0.2) is 0 Å². The van der Waals surface area contributed by atoms with E-state index in [1.165, 1.54) is 42.1 Å². The molecule has 20 heavy (non-hydrogen) atoms. The molecule has 2 unspecified atom stereocenters. The zero-order chi connectivity index (χ0) is 14.1. The monoisotopic (exact) mass is 335 g/mol. The summed E-state index contributed by atoms with van der Waals surface area (Å²) in [5, 5.41) is 3.92. The lowest BCUT2D eigenvalue weighted by Crippen LogP contribution is -2.47. The van der Waals surface area contributed by atoms with Crippen molar-refractivity contribution in [3.63, 3.8) is 0 Å². The summed E-state index contributed by atoms with van der Waals surface area (Å²) in [6, 6.07) is 10.2. The number of benzene rings is 1. The lowest BCUT2D eigenvalue weighted by Gasteiger charge is -2.42. The molecule has 0 amide bonds. The first-order valence-electron chi connectivity index (χ1n) is 8.12. The lowest BCUT2D eigenvalue weighted by atomic mass is 9.74. The highest BCUT2D eigenvalue weighted by molar-refractivity contribution is 9.10. The first-order chi connectivity index (χ1) is 9.61. The van der Waals surface area contributed by atoms with E-state index in [1.807, 2.05) is 0 Å². The standard InChI is InChI=1S/C18H26BrN/c1-12-7-13(2)9-15(8-12)20-16-10-14(11-16)17-5-3-4-6-18(17)19/h3-6,12-16,20H,7-11H2,1-2H3. The molecule has 1 N–H and O–H groups in total. The Labute approximate surface area is 131 Å². The molecule has 0 radical (unpaired) electrons. The third-order valence-corrected chi connectivity index (χ3v) is 5.86. The zero-order valence-electron chi connectivity index (χ0n) is 12.6. The molecule has 1 aromatic rings. The van der Waals surface area contributed by atoms with Crippen molar-refractivity contribution in [2.75, 3.05) is 0 Å². The van der Waals surface area contributed by atoms with Crippen LogP contribution in [0.2, 0.25) is 0 Å². The van der Waals surface area contributed by atoms with Crippen molar-refractivity contribution in [1.82, 2.24) is 5.32 Å². The van der Waals surface area contributed by atoms with Gasteiger partial charge in [-0.3, -0.25) is 0 Å². The number of halogens is 1. The Morgan fingerprint density at radius 2 is 1.50 bits per heavy atom. The van der Waals surface area contributed by atoms with Gasteiger partial charge in [-0.05, 0) is 61.5 Å². The summed E-state index contributed by atoms with van der Waals surface area (Å²) < 4.78 is 1.28. The highest BCUT2D eigenvalue weighted by atomic mass is 79.9. The largest absolute Gasteiger partial charge is 0.311 e. The Hall–Kier alpha value is -0.340. The Kier molecular flexibility index (Phi) is 4.52. The molecule has 0 heterocycles. The van der Waals surface area contributed by atoms with Crippen LogP contribution in [-0.4, -0.2) is 12.1 Å². The maximum Gasteiger partial charge on any atom is 0.0210 e. The highest BCUT2D eigenvalue weighted by Gasteiger charge is 2.34. The Bertz CT molecular complexity index is 442. The second kappa shape index (κ2) is 6.19. The molecule has 2 saturated carbocycles. The summed E-state index contributed by atoms with van der Waals surface area (Å²) in [6.45, 7) is 4.82. The van der Waals surface area contributed by atoms with Gasteiger partial charge in [-0.2, -0.15) is 0 Å². The van der Waals surface area contributed by atoms with Gasteiger partial charge in [0.1, 0.15) is 0 Å². The van der Waals surface area contributed by atoms with Crippen LogP contribution >= 0.6 is 15.9 Å². The molecule has 2 fully saturated rings. The summed E-state index contributed by atoms with van der Waals surface area (Å²) in [4.78, 5) is 0. The maximum absolute atomic E-state index is 3.92. The molecule has 3 rings (SSSR count). The number of hydrogen-bond acceptors (Lipinski definition) is 1. The number of hydrogen-bond donors (Lipinski definition) is 1. The molecule has 2 aliphatic rings. The first-order valence-corrected chi connectivity index (χ1v) is 8.91. The fraction of sp³-hybridized carbons (Fsp3) is 0.667. The second-order valence-electron chi connectivity index (χ2n) is 7.17. The van der Waals surface area contributed by atoms with Gasteiger partial charge in [-0.15, -0.1) is 0 Å².